The van der Waals surface area contributed by atoms with Crippen LogP contribution in [0.5, 0.6) is 0 Å². The lowest BCUT2D eigenvalue weighted by molar-refractivity contribution is 0.231. The summed E-state index contributed by atoms with van der Waals surface area (Å²) < 4.78 is 13.0. The van der Waals surface area contributed by atoms with Crippen molar-refractivity contribution in [2.45, 2.75) is 25.3 Å². The number of halogens is 1. The minimum absolute atomic E-state index is 0.00892. The summed E-state index contributed by atoms with van der Waals surface area (Å²) in [6.07, 6.45) is 6.07. The van der Waals surface area contributed by atoms with Crippen LogP contribution >= 0.6 is 0 Å². The summed E-state index contributed by atoms with van der Waals surface area (Å²) >= 11 is 0. The van der Waals surface area contributed by atoms with Crippen LogP contribution in [0, 0.1) is 11.7 Å². The maximum Gasteiger partial charge on any atom is 0.315 e. The van der Waals surface area contributed by atoms with E-state index in [9.17, 15) is 9.18 Å². The minimum Gasteiger partial charge on any atom is -0.396 e. The molecule has 0 bridgehead atoms. The number of carbonyl (C=O) groups is 1. The molecule has 2 rings (SSSR count). The van der Waals surface area contributed by atoms with Gasteiger partial charge in [-0.2, -0.15) is 0 Å². The lowest BCUT2D eigenvalue weighted by Crippen LogP contribution is -2.41. The van der Waals surface area contributed by atoms with Crippen LogP contribution in [0.3, 0.4) is 0 Å². The second-order valence-electron chi connectivity index (χ2n) is 5.30. The van der Waals surface area contributed by atoms with Gasteiger partial charge in [0.05, 0.1) is 0 Å². The molecule has 2 atom stereocenters. The Morgan fingerprint density at radius 1 is 1.38 bits per heavy atom. The van der Waals surface area contributed by atoms with Gasteiger partial charge in [-0.15, -0.1) is 0 Å². The molecule has 5 heteroatoms. The number of rotatable bonds is 6. The van der Waals surface area contributed by atoms with E-state index in [1.165, 1.54) is 12.1 Å². The number of amides is 2. The Bertz CT molecular complexity index is 505. The molecule has 0 unspecified atom stereocenters. The van der Waals surface area contributed by atoms with Gasteiger partial charge in [0.15, 0.2) is 0 Å². The quantitative estimate of drug-likeness (QED) is 0.555. The molecular weight excluding hydrogens is 271 g/mol. The molecular formula is C16H21FN2O2. The van der Waals surface area contributed by atoms with Gasteiger partial charge in [0.25, 0.3) is 0 Å². The average molecular weight is 292 g/mol. The zero-order valence-corrected chi connectivity index (χ0v) is 11.9. The van der Waals surface area contributed by atoms with Crippen molar-refractivity contribution in [3.8, 4) is 0 Å². The molecule has 3 N–H and O–H groups in total. The van der Waals surface area contributed by atoms with Crippen molar-refractivity contribution in [3.05, 3.63) is 47.8 Å². The highest BCUT2D eigenvalue weighted by Crippen LogP contribution is 2.16. The van der Waals surface area contributed by atoms with Crippen LogP contribution in [0.4, 0.5) is 9.18 Å². The molecule has 1 aliphatic carbocycles. The number of hydrogen-bond acceptors (Lipinski definition) is 2. The van der Waals surface area contributed by atoms with Crippen molar-refractivity contribution in [3.63, 3.8) is 0 Å². The van der Waals surface area contributed by atoms with Crippen molar-refractivity contribution >= 4 is 6.03 Å². The molecule has 0 saturated carbocycles. The average Bonchev–Trinajstić information content (AvgIpc) is 2.91. The largest absolute Gasteiger partial charge is 0.396 e. The van der Waals surface area contributed by atoms with Crippen LogP contribution in [0.2, 0.25) is 0 Å². The molecule has 0 aromatic heterocycles. The van der Waals surface area contributed by atoms with Crippen LogP contribution < -0.4 is 10.6 Å². The van der Waals surface area contributed by atoms with E-state index < -0.39 is 0 Å². The number of benzene rings is 1. The predicted molar refractivity (Wildman–Crippen MR) is 79.4 cm³/mol. The maximum absolute atomic E-state index is 13.0. The van der Waals surface area contributed by atoms with Crippen molar-refractivity contribution in [2.75, 3.05) is 13.2 Å². The first-order chi connectivity index (χ1) is 10.2. The van der Waals surface area contributed by atoms with E-state index in [0.717, 1.165) is 24.8 Å². The van der Waals surface area contributed by atoms with Gasteiger partial charge in [-0.05, 0) is 37.0 Å². The number of aryl methyl sites for hydroxylation is 1. The Morgan fingerprint density at radius 3 is 2.95 bits per heavy atom. The third-order valence-corrected chi connectivity index (χ3v) is 3.54. The van der Waals surface area contributed by atoms with Crippen molar-refractivity contribution in [2.24, 2.45) is 5.92 Å². The van der Waals surface area contributed by atoms with Crippen molar-refractivity contribution in [1.29, 1.82) is 0 Å². The fraction of sp³-hybridized carbons (Fsp3) is 0.438. The fourth-order valence-corrected chi connectivity index (χ4v) is 2.42. The number of carbonyl (C=O) groups excluding carboxylic acids is 1. The van der Waals surface area contributed by atoms with Crippen LogP contribution in [-0.4, -0.2) is 30.3 Å². The summed E-state index contributed by atoms with van der Waals surface area (Å²) in [5.41, 5.74) is 0.932. The van der Waals surface area contributed by atoms with Gasteiger partial charge in [0, 0.05) is 25.1 Å². The number of nitrogens with one attached hydrogen (secondary N) is 2. The van der Waals surface area contributed by atoms with Gasteiger partial charge in [-0.3, -0.25) is 0 Å². The fourth-order valence-electron chi connectivity index (χ4n) is 2.42. The Kier molecular flexibility index (Phi) is 5.75. The molecule has 21 heavy (non-hydrogen) atoms. The van der Waals surface area contributed by atoms with Gasteiger partial charge in [-0.1, -0.05) is 24.3 Å². The maximum atomic E-state index is 13.0. The highest BCUT2D eigenvalue weighted by atomic mass is 19.1. The molecule has 1 aliphatic rings. The predicted octanol–water partition coefficient (Wildman–Crippen LogP) is 1.99. The molecule has 0 fully saturated rings. The summed E-state index contributed by atoms with van der Waals surface area (Å²) in [6.45, 7) is 0.659. The molecule has 2 amide bonds. The van der Waals surface area contributed by atoms with Crippen molar-refractivity contribution < 1.29 is 14.3 Å². The van der Waals surface area contributed by atoms with E-state index in [4.69, 9.17) is 5.11 Å². The molecule has 0 aliphatic heterocycles. The SMILES string of the molecule is O=C(NCCCc1cccc(F)c1)N[C@@H]1C=C[C@H](CO)C1. The monoisotopic (exact) mass is 292 g/mol. The van der Waals surface area contributed by atoms with Crippen LogP contribution in [0.15, 0.2) is 36.4 Å². The third-order valence-electron chi connectivity index (χ3n) is 3.54. The summed E-state index contributed by atoms with van der Waals surface area (Å²) in [4.78, 5) is 11.7. The Labute approximate surface area is 124 Å². The second-order valence-corrected chi connectivity index (χ2v) is 5.30. The standard InChI is InChI=1S/C16H21FN2O2/c17-14-5-1-3-12(9-14)4-2-8-18-16(21)19-15-7-6-13(10-15)11-20/h1,3,5-7,9,13,15,20H,2,4,8,10-11H2,(H2,18,19,21)/t13-,15+/m0/s1. The Hall–Kier alpha value is -1.88. The van der Waals surface area contributed by atoms with E-state index in [0.29, 0.717) is 6.54 Å². The van der Waals surface area contributed by atoms with E-state index in [1.54, 1.807) is 6.07 Å². The molecule has 1 aromatic carbocycles. The molecule has 4 nitrogen and oxygen atoms in total. The third kappa shape index (κ3) is 5.19. The lowest BCUT2D eigenvalue weighted by Gasteiger charge is -2.13. The molecule has 0 radical (unpaired) electrons. The number of aliphatic hydroxyl groups excluding tert-OH is 1. The summed E-state index contributed by atoms with van der Waals surface area (Å²) in [5, 5.41) is 14.6. The molecule has 0 heterocycles. The molecule has 1 aromatic rings. The second kappa shape index (κ2) is 7.78. The summed E-state index contributed by atoms with van der Waals surface area (Å²) in [5.74, 6) is -0.0899. The Balaban J connectivity index is 1.60. The topological polar surface area (TPSA) is 61.4 Å². The summed E-state index contributed by atoms with van der Waals surface area (Å²) in [6, 6.07) is 6.28. The van der Waals surface area contributed by atoms with Crippen LogP contribution in [-0.2, 0) is 6.42 Å². The molecule has 114 valence electrons. The van der Waals surface area contributed by atoms with E-state index in [-0.39, 0.29) is 30.4 Å². The lowest BCUT2D eigenvalue weighted by atomic mass is 10.1. The highest BCUT2D eigenvalue weighted by Gasteiger charge is 2.19. The van der Waals surface area contributed by atoms with Gasteiger partial charge in [0.1, 0.15) is 5.82 Å². The van der Waals surface area contributed by atoms with E-state index >= 15 is 0 Å². The summed E-state index contributed by atoms with van der Waals surface area (Å²) in [7, 11) is 0. The van der Waals surface area contributed by atoms with E-state index in [1.807, 2.05) is 18.2 Å². The zero-order chi connectivity index (χ0) is 15.1. The van der Waals surface area contributed by atoms with Gasteiger partial charge in [-0.25, -0.2) is 9.18 Å². The first kappa shape index (κ1) is 15.5. The first-order valence-electron chi connectivity index (χ1n) is 7.25. The van der Waals surface area contributed by atoms with Gasteiger partial charge >= 0.3 is 6.03 Å². The van der Waals surface area contributed by atoms with Crippen molar-refractivity contribution in [1.82, 2.24) is 10.6 Å². The smallest absolute Gasteiger partial charge is 0.315 e. The highest BCUT2D eigenvalue weighted by molar-refractivity contribution is 5.74. The van der Waals surface area contributed by atoms with Crippen LogP contribution in [0.1, 0.15) is 18.4 Å². The van der Waals surface area contributed by atoms with E-state index in [2.05, 4.69) is 10.6 Å². The normalized spacial score (nSPS) is 20.5. The molecule has 0 saturated heterocycles. The number of urea groups is 1. The van der Waals surface area contributed by atoms with Gasteiger partial charge in [0.2, 0.25) is 0 Å². The Morgan fingerprint density at radius 2 is 2.24 bits per heavy atom. The number of aliphatic hydroxyl groups is 1. The number of hydrogen-bond donors (Lipinski definition) is 3. The van der Waals surface area contributed by atoms with Gasteiger partial charge < -0.3 is 15.7 Å². The zero-order valence-electron chi connectivity index (χ0n) is 11.9. The van der Waals surface area contributed by atoms with Crippen LogP contribution in [0.25, 0.3) is 0 Å². The molecule has 0 spiro atoms. The minimum atomic E-state index is -0.232. The first-order valence-corrected chi connectivity index (χ1v) is 7.25.